The van der Waals surface area contributed by atoms with E-state index in [0.29, 0.717) is 27.9 Å². The number of carbonyl (C=O) groups is 2. The van der Waals surface area contributed by atoms with Gasteiger partial charge in [-0.25, -0.2) is 0 Å². The quantitative estimate of drug-likeness (QED) is 0.641. The van der Waals surface area contributed by atoms with Crippen LogP contribution in [0.1, 0.15) is 17.9 Å². The first kappa shape index (κ1) is 18.1. The van der Waals surface area contributed by atoms with Gasteiger partial charge < -0.3 is 15.4 Å². The number of anilines is 2. The first-order valence-electron chi connectivity index (χ1n) is 8.82. The molecule has 0 saturated heterocycles. The summed E-state index contributed by atoms with van der Waals surface area (Å²) < 4.78 is 5.75. The number of para-hydroxylation sites is 2. The van der Waals surface area contributed by atoms with Gasteiger partial charge in [0.05, 0.1) is 10.9 Å². The molecule has 1 atom stereocenters. The molecule has 1 heterocycles. The fraction of sp³-hybridized carbons (Fsp3) is 0.0909. The predicted octanol–water partition coefficient (Wildman–Crippen LogP) is 5.20. The Bertz CT molecular complexity index is 1030. The third-order valence-electron chi connectivity index (χ3n) is 4.50. The van der Waals surface area contributed by atoms with Crippen molar-refractivity contribution in [3.63, 3.8) is 0 Å². The van der Waals surface area contributed by atoms with Crippen LogP contribution >= 0.6 is 11.6 Å². The van der Waals surface area contributed by atoms with Gasteiger partial charge in [-0.05, 0) is 48.0 Å². The summed E-state index contributed by atoms with van der Waals surface area (Å²) in [6.45, 7) is 0. The van der Waals surface area contributed by atoms with E-state index in [1.165, 1.54) is 0 Å². The summed E-state index contributed by atoms with van der Waals surface area (Å²) in [6.07, 6.45) is 0.122. The summed E-state index contributed by atoms with van der Waals surface area (Å²) in [4.78, 5) is 24.7. The Kier molecular flexibility index (Phi) is 5.00. The highest BCUT2D eigenvalue weighted by atomic mass is 35.5. The van der Waals surface area contributed by atoms with Crippen LogP contribution in [0.5, 0.6) is 11.5 Å². The van der Waals surface area contributed by atoms with Gasteiger partial charge in [0.1, 0.15) is 11.5 Å². The van der Waals surface area contributed by atoms with E-state index >= 15 is 0 Å². The number of hydrogen-bond donors (Lipinski definition) is 2. The average Bonchev–Trinajstić information content (AvgIpc) is 2.70. The Morgan fingerprint density at radius 1 is 1.00 bits per heavy atom. The van der Waals surface area contributed by atoms with Crippen molar-refractivity contribution in [1.82, 2.24) is 0 Å². The number of halogens is 1. The van der Waals surface area contributed by atoms with Gasteiger partial charge in [-0.1, -0.05) is 41.9 Å². The minimum atomic E-state index is -0.524. The number of carbonyl (C=O) groups excluding carboxylic acids is 2. The van der Waals surface area contributed by atoms with Gasteiger partial charge in [0.15, 0.2) is 0 Å². The first-order valence-corrected chi connectivity index (χ1v) is 9.20. The van der Waals surface area contributed by atoms with Crippen LogP contribution in [0.2, 0.25) is 5.02 Å². The molecule has 0 bridgehead atoms. The Hall–Kier alpha value is -3.31. The molecule has 0 spiro atoms. The van der Waals surface area contributed by atoms with E-state index in [4.69, 9.17) is 16.3 Å². The summed E-state index contributed by atoms with van der Waals surface area (Å²) in [5.41, 5.74) is 2.13. The zero-order valence-electron chi connectivity index (χ0n) is 14.8. The van der Waals surface area contributed by atoms with Gasteiger partial charge in [0.2, 0.25) is 11.8 Å². The van der Waals surface area contributed by atoms with Crippen LogP contribution in [0.25, 0.3) is 0 Å². The Morgan fingerprint density at radius 3 is 2.50 bits per heavy atom. The van der Waals surface area contributed by atoms with Crippen LogP contribution in [0.15, 0.2) is 72.8 Å². The van der Waals surface area contributed by atoms with Gasteiger partial charge in [0, 0.05) is 17.8 Å². The van der Waals surface area contributed by atoms with E-state index in [9.17, 15) is 9.59 Å². The third kappa shape index (κ3) is 3.85. The lowest BCUT2D eigenvalue weighted by atomic mass is 9.90. The molecule has 3 aromatic carbocycles. The molecule has 6 heteroatoms. The van der Waals surface area contributed by atoms with Crippen LogP contribution in [0, 0.1) is 0 Å². The van der Waals surface area contributed by atoms with Crippen molar-refractivity contribution in [2.75, 3.05) is 10.6 Å². The van der Waals surface area contributed by atoms with Crippen molar-refractivity contribution in [2.45, 2.75) is 12.3 Å². The molecule has 0 saturated carbocycles. The summed E-state index contributed by atoms with van der Waals surface area (Å²) >= 11 is 6.10. The minimum absolute atomic E-state index is 0.122. The molecule has 0 aliphatic carbocycles. The third-order valence-corrected chi connectivity index (χ3v) is 4.81. The highest BCUT2D eigenvalue weighted by Crippen LogP contribution is 2.33. The van der Waals surface area contributed by atoms with Crippen molar-refractivity contribution in [2.24, 2.45) is 0 Å². The smallest absolute Gasteiger partial charge is 0.232 e. The topological polar surface area (TPSA) is 67.4 Å². The van der Waals surface area contributed by atoms with Gasteiger partial charge in [-0.3, -0.25) is 9.59 Å². The molecule has 1 aliphatic rings. The number of fused-ring (bicyclic) bond motifs is 1. The number of hydrogen-bond acceptors (Lipinski definition) is 3. The van der Waals surface area contributed by atoms with E-state index in [1.54, 1.807) is 42.5 Å². The molecular formula is C22H17ClN2O3. The maximum absolute atomic E-state index is 12.8. The molecule has 1 aliphatic heterocycles. The van der Waals surface area contributed by atoms with E-state index < -0.39 is 5.92 Å². The summed E-state index contributed by atoms with van der Waals surface area (Å²) in [6, 6.07) is 21.6. The average molecular weight is 393 g/mol. The molecular weight excluding hydrogens is 376 g/mol. The van der Waals surface area contributed by atoms with Crippen LogP contribution in [0.3, 0.4) is 0 Å². The molecule has 4 rings (SSSR count). The van der Waals surface area contributed by atoms with Gasteiger partial charge in [0.25, 0.3) is 0 Å². The van der Waals surface area contributed by atoms with Gasteiger partial charge in [-0.15, -0.1) is 0 Å². The molecule has 28 heavy (non-hydrogen) atoms. The maximum Gasteiger partial charge on any atom is 0.232 e. The lowest BCUT2D eigenvalue weighted by Gasteiger charge is -2.24. The SMILES string of the molecule is O=C1C[C@H](C(=O)Nc2ccc(Oc3ccccc3Cl)cc2)c2ccccc2N1. The fourth-order valence-electron chi connectivity index (χ4n) is 3.14. The maximum atomic E-state index is 12.8. The second-order valence-corrected chi connectivity index (χ2v) is 6.85. The lowest BCUT2D eigenvalue weighted by Crippen LogP contribution is -2.30. The molecule has 0 radical (unpaired) electrons. The van der Waals surface area contributed by atoms with Crippen molar-refractivity contribution >= 4 is 34.8 Å². The number of ether oxygens (including phenoxy) is 1. The molecule has 2 amide bonds. The van der Waals surface area contributed by atoms with Crippen LogP contribution in [-0.2, 0) is 9.59 Å². The molecule has 2 N–H and O–H groups in total. The van der Waals surface area contributed by atoms with Crippen molar-refractivity contribution in [1.29, 1.82) is 0 Å². The standard InChI is InChI=1S/C22H17ClN2O3/c23-18-6-2-4-8-20(18)28-15-11-9-14(10-12-15)24-22(27)17-13-21(26)25-19-7-3-1-5-16(17)19/h1-12,17H,13H2,(H,24,27)(H,25,26)/t17-/m0/s1. The summed E-state index contributed by atoms with van der Waals surface area (Å²) in [5.74, 6) is 0.257. The number of nitrogens with one attached hydrogen (secondary N) is 2. The van der Waals surface area contributed by atoms with Gasteiger partial charge in [-0.2, -0.15) is 0 Å². The van der Waals surface area contributed by atoms with Crippen molar-refractivity contribution in [3.05, 3.63) is 83.4 Å². The zero-order valence-corrected chi connectivity index (χ0v) is 15.6. The largest absolute Gasteiger partial charge is 0.456 e. The van der Waals surface area contributed by atoms with Gasteiger partial charge >= 0.3 is 0 Å². The lowest BCUT2D eigenvalue weighted by molar-refractivity contribution is -0.123. The molecule has 0 fully saturated rings. The molecule has 5 nitrogen and oxygen atoms in total. The molecule has 0 aromatic heterocycles. The van der Waals surface area contributed by atoms with E-state index in [1.807, 2.05) is 30.3 Å². The van der Waals surface area contributed by atoms with E-state index in [-0.39, 0.29) is 18.2 Å². The molecule has 3 aromatic rings. The Balaban J connectivity index is 1.47. The first-order chi connectivity index (χ1) is 13.6. The highest BCUT2D eigenvalue weighted by Gasteiger charge is 2.30. The summed E-state index contributed by atoms with van der Waals surface area (Å²) in [5, 5.41) is 6.19. The van der Waals surface area contributed by atoms with Crippen LogP contribution in [-0.4, -0.2) is 11.8 Å². The second kappa shape index (κ2) is 7.74. The minimum Gasteiger partial charge on any atom is -0.456 e. The zero-order chi connectivity index (χ0) is 19.5. The number of benzene rings is 3. The normalized spacial score (nSPS) is 15.3. The number of amides is 2. The fourth-order valence-corrected chi connectivity index (χ4v) is 3.31. The highest BCUT2D eigenvalue weighted by molar-refractivity contribution is 6.32. The number of rotatable bonds is 4. The van der Waals surface area contributed by atoms with Crippen molar-refractivity contribution in [3.8, 4) is 11.5 Å². The monoisotopic (exact) mass is 392 g/mol. The second-order valence-electron chi connectivity index (χ2n) is 6.44. The Labute approximate surface area is 167 Å². The Morgan fingerprint density at radius 2 is 1.71 bits per heavy atom. The molecule has 0 unspecified atom stereocenters. The van der Waals surface area contributed by atoms with Crippen LogP contribution in [0.4, 0.5) is 11.4 Å². The molecule has 140 valence electrons. The van der Waals surface area contributed by atoms with E-state index in [0.717, 1.165) is 5.56 Å². The van der Waals surface area contributed by atoms with Crippen LogP contribution < -0.4 is 15.4 Å². The predicted molar refractivity (Wildman–Crippen MR) is 109 cm³/mol. The van der Waals surface area contributed by atoms with Crippen molar-refractivity contribution < 1.29 is 14.3 Å². The van der Waals surface area contributed by atoms with E-state index in [2.05, 4.69) is 10.6 Å². The summed E-state index contributed by atoms with van der Waals surface area (Å²) in [7, 11) is 0.